The second-order valence-corrected chi connectivity index (χ2v) is 6.18. The smallest absolute Gasteiger partial charge is 0.0195 e. The molecular weight excluding hydrogens is 192 g/mol. The maximum atomic E-state index is 2.60. The fraction of sp³-hybridized carbons (Fsp3) is 1.00. The summed E-state index contributed by atoms with van der Waals surface area (Å²) in [5.74, 6) is 0. The van der Waals surface area contributed by atoms with Gasteiger partial charge in [0.1, 0.15) is 0 Å². The van der Waals surface area contributed by atoms with E-state index in [9.17, 15) is 0 Å². The van der Waals surface area contributed by atoms with Crippen LogP contribution in [0.15, 0.2) is 0 Å². The van der Waals surface area contributed by atoms with Crippen LogP contribution in [0.25, 0.3) is 0 Å². The first-order valence-corrected chi connectivity index (χ1v) is 6.67. The zero-order valence-corrected chi connectivity index (χ0v) is 10.2. The monoisotopic (exact) mass is 214 g/mol. The van der Waals surface area contributed by atoms with E-state index in [1.54, 1.807) is 0 Å². The molecule has 1 aliphatic carbocycles. The summed E-state index contributed by atoms with van der Waals surface area (Å²) >= 11 is 2.14. The fourth-order valence-electron chi connectivity index (χ4n) is 2.15. The molecule has 0 aromatic carbocycles. The van der Waals surface area contributed by atoms with Crippen LogP contribution >= 0.6 is 11.9 Å². The second-order valence-electron chi connectivity index (χ2n) is 4.78. The van der Waals surface area contributed by atoms with Crippen molar-refractivity contribution < 1.29 is 0 Å². The number of nitrogens with zero attached hydrogens (tertiary/aromatic N) is 2. The molecule has 1 aliphatic heterocycles. The lowest BCUT2D eigenvalue weighted by atomic mass is 10.0. The van der Waals surface area contributed by atoms with Gasteiger partial charge < -0.3 is 4.90 Å². The minimum atomic E-state index is 0.827. The van der Waals surface area contributed by atoms with Gasteiger partial charge in [-0.2, -0.15) is 0 Å². The molecule has 1 saturated heterocycles. The van der Waals surface area contributed by atoms with Gasteiger partial charge in [0, 0.05) is 24.4 Å². The lowest BCUT2D eigenvalue weighted by Crippen LogP contribution is -2.40. The van der Waals surface area contributed by atoms with Gasteiger partial charge in [-0.25, -0.2) is 0 Å². The van der Waals surface area contributed by atoms with Crippen molar-refractivity contribution in [1.29, 1.82) is 0 Å². The quantitative estimate of drug-likeness (QED) is 0.665. The lowest BCUT2D eigenvalue weighted by molar-refractivity contribution is 0.202. The molecule has 0 amide bonds. The highest BCUT2D eigenvalue weighted by Crippen LogP contribution is 2.35. The molecule has 2 aliphatic rings. The molecule has 0 radical (unpaired) electrons. The first kappa shape index (κ1) is 10.8. The van der Waals surface area contributed by atoms with Gasteiger partial charge in [0.2, 0.25) is 0 Å². The van der Waals surface area contributed by atoms with Crippen LogP contribution in [0.5, 0.6) is 0 Å². The molecule has 2 nitrogen and oxygen atoms in total. The lowest BCUT2D eigenvalue weighted by Gasteiger charge is -2.37. The molecule has 0 aromatic rings. The van der Waals surface area contributed by atoms with E-state index in [0.717, 1.165) is 11.3 Å². The van der Waals surface area contributed by atoms with E-state index in [-0.39, 0.29) is 0 Å². The number of piperidine rings is 1. The highest BCUT2D eigenvalue weighted by molar-refractivity contribution is 7.97. The molecule has 0 atom stereocenters. The van der Waals surface area contributed by atoms with Gasteiger partial charge in [-0.05, 0) is 39.8 Å². The number of rotatable bonds is 3. The molecule has 2 rings (SSSR count). The van der Waals surface area contributed by atoms with E-state index in [2.05, 4.69) is 35.2 Å². The summed E-state index contributed by atoms with van der Waals surface area (Å²) in [7, 11) is 4.42. The van der Waals surface area contributed by atoms with E-state index in [0.29, 0.717) is 0 Å². The normalized spacial score (nSPS) is 26.8. The molecule has 0 bridgehead atoms. The Bertz CT molecular complexity index is 172. The molecule has 3 heteroatoms. The Hall–Kier alpha value is 0.270. The van der Waals surface area contributed by atoms with Crippen LogP contribution in [-0.2, 0) is 0 Å². The van der Waals surface area contributed by atoms with Gasteiger partial charge in [0.05, 0.1) is 0 Å². The van der Waals surface area contributed by atoms with Crippen LogP contribution < -0.4 is 0 Å². The summed E-state index contributed by atoms with van der Waals surface area (Å²) in [5, 5.41) is 0.964. The third-order valence-electron chi connectivity index (χ3n) is 3.50. The van der Waals surface area contributed by atoms with Crippen molar-refractivity contribution in [2.45, 2.75) is 43.4 Å². The summed E-state index contributed by atoms with van der Waals surface area (Å²) in [6.07, 6.45) is 7.09. The Labute approximate surface area is 92.2 Å². The Morgan fingerprint density at radius 3 is 2.14 bits per heavy atom. The topological polar surface area (TPSA) is 6.48 Å². The Kier molecular flexibility index (Phi) is 3.74. The van der Waals surface area contributed by atoms with Gasteiger partial charge in [-0.1, -0.05) is 18.4 Å². The molecule has 14 heavy (non-hydrogen) atoms. The maximum Gasteiger partial charge on any atom is 0.0195 e. The Morgan fingerprint density at radius 2 is 1.71 bits per heavy atom. The standard InChI is InChI=1S/C11H22N2S/c1-12(2)10-6-8-13(9-7-10)14-11-4-3-5-11/h10-11H,3-9H2,1-2H3. The van der Waals surface area contributed by atoms with Crippen LogP contribution in [0.4, 0.5) is 0 Å². The number of hydrogen-bond donors (Lipinski definition) is 0. The fourth-order valence-corrected chi connectivity index (χ4v) is 3.54. The van der Waals surface area contributed by atoms with Gasteiger partial charge in [-0.15, -0.1) is 0 Å². The van der Waals surface area contributed by atoms with Crippen molar-refractivity contribution in [3.8, 4) is 0 Å². The highest BCUT2D eigenvalue weighted by atomic mass is 32.2. The SMILES string of the molecule is CN(C)C1CCN(SC2CCC2)CC1. The molecular formula is C11H22N2S. The average molecular weight is 214 g/mol. The van der Waals surface area contributed by atoms with Crippen molar-refractivity contribution in [3.63, 3.8) is 0 Å². The molecule has 1 saturated carbocycles. The van der Waals surface area contributed by atoms with E-state index < -0.39 is 0 Å². The number of hydrogen-bond acceptors (Lipinski definition) is 3. The summed E-state index contributed by atoms with van der Waals surface area (Å²) in [6, 6.07) is 0.827. The molecule has 82 valence electrons. The minimum absolute atomic E-state index is 0.827. The van der Waals surface area contributed by atoms with Crippen LogP contribution in [0.1, 0.15) is 32.1 Å². The van der Waals surface area contributed by atoms with E-state index in [1.807, 2.05) is 0 Å². The van der Waals surface area contributed by atoms with Crippen molar-refractivity contribution >= 4 is 11.9 Å². The van der Waals surface area contributed by atoms with Crippen molar-refractivity contribution in [3.05, 3.63) is 0 Å². The minimum Gasteiger partial charge on any atom is -0.306 e. The van der Waals surface area contributed by atoms with Gasteiger partial charge in [0.15, 0.2) is 0 Å². The third-order valence-corrected chi connectivity index (χ3v) is 4.94. The van der Waals surface area contributed by atoms with E-state index in [1.165, 1.54) is 45.2 Å². The van der Waals surface area contributed by atoms with Crippen molar-refractivity contribution in [1.82, 2.24) is 9.21 Å². The molecule has 1 heterocycles. The molecule has 2 fully saturated rings. The average Bonchev–Trinajstić information content (AvgIpc) is 2.12. The molecule has 0 spiro atoms. The van der Waals surface area contributed by atoms with E-state index >= 15 is 0 Å². The highest BCUT2D eigenvalue weighted by Gasteiger charge is 2.25. The first-order valence-electron chi connectivity index (χ1n) is 5.84. The Morgan fingerprint density at radius 1 is 1.07 bits per heavy atom. The van der Waals surface area contributed by atoms with Gasteiger partial charge in [-0.3, -0.25) is 4.31 Å². The largest absolute Gasteiger partial charge is 0.306 e. The first-order chi connectivity index (χ1) is 6.75. The predicted octanol–water partition coefficient (Wildman–Crippen LogP) is 2.21. The molecule has 0 N–H and O–H groups in total. The van der Waals surface area contributed by atoms with Crippen LogP contribution in [0, 0.1) is 0 Å². The van der Waals surface area contributed by atoms with Crippen molar-refractivity contribution in [2.24, 2.45) is 0 Å². The van der Waals surface area contributed by atoms with Crippen LogP contribution in [0.2, 0.25) is 0 Å². The summed E-state index contributed by atoms with van der Waals surface area (Å²) in [5.41, 5.74) is 0. The second kappa shape index (κ2) is 4.86. The summed E-state index contributed by atoms with van der Waals surface area (Å²) in [6.45, 7) is 2.59. The third kappa shape index (κ3) is 2.65. The van der Waals surface area contributed by atoms with Crippen molar-refractivity contribution in [2.75, 3.05) is 27.2 Å². The Balaban J connectivity index is 1.67. The van der Waals surface area contributed by atoms with Gasteiger partial charge >= 0.3 is 0 Å². The van der Waals surface area contributed by atoms with Crippen LogP contribution in [0.3, 0.4) is 0 Å². The van der Waals surface area contributed by atoms with Gasteiger partial charge in [0.25, 0.3) is 0 Å². The van der Waals surface area contributed by atoms with Crippen LogP contribution in [-0.4, -0.2) is 47.7 Å². The zero-order valence-electron chi connectivity index (χ0n) is 9.41. The molecule has 0 aromatic heterocycles. The summed E-state index contributed by atoms with van der Waals surface area (Å²) < 4.78 is 2.60. The van der Waals surface area contributed by atoms with E-state index in [4.69, 9.17) is 0 Å². The summed E-state index contributed by atoms with van der Waals surface area (Å²) in [4.78, 5) is 2.38. The molecule has 0 unspecified atom stereocenters. The maximum absolute atomic E-state index is 2.60. The zero-order chi connectivity index (χ0) is 9.97. The predicted molar refractivity (Wildman–Crippen MR) is 63.5 cm³/mol.